The van der Waals surface area contributed by atoms with Crippen molar-refractivity contribution in [2.24, 2.45) is 11.3 Å². The number of rotatable bonds is 6. The van der Waals surface area contributed by atoms with E-state index >= 15 is 0 Å². The van der Waals surface area contributed by atoms with Crippen LogP contribution in [0.3, 0.4) is 0 Å². The number of hydrogen-bond acceptors (Lipinski definition) is 2. The molecule has 1 heterocycles. The van der Waals surface area contributed by atoms with Crippen LogP contribution in [0.15, 0.2) is 0 Å². The summed E-state index contributed by atoms with van der Waals surface area (Å²) in [5.74, 6) is 0.866. The standard InChI is InChI=1S/C17H36N2/c1-7-11-18-16(17(4,5)6)10-13-19-12-8-9-14(2)15(19)3/h14-16,18H,7-13H2,1-6H3. The first-order valence-corrected chi connectivity index (χ1v) is 8.33. The Morgan fingerprint density at radius 1 is 1.26 bits per heavy atom. The van der Waals surface area contributed by atoms with E-state index in [4.69, 9.17) is 0 Å². The average Bonchev–Trinajstić information content (AvgIpc) is 2.32. The van der Waals surface area contributed by atoms with Gasteiger partial charge in [-0.1, -0.05) is 34.6 Å². The molecule has 1 fully saturated rings. The second kappa shape index (κ2) is 7.64. The van der Waals surface area contributed by atoms with E-state index in [1.165, 1.54) is 38.8 Å². The third kappa shape index (κ3) is 5.43. The van der Waals surface area contributed by atoms with Crippen LogP contribution in [0.1, 0.15) is 67.2 Å². The van der Waals surface area contributed by atoms with Gasteiger partial charge in [0.2, 0.25) is 0 Å². The molecule has 0 bridgehead atoms. The maximum Gasteiger partial charge on any atom is 0.0128 e. The Balaban J connectivity index is 2.46. The Hall–Kier alpha value is -0.0800. The molecule has 1 aliphatic heterocycles. The summed E-state index contributed by atoms with van der Waals surface area (Å²) in [5.41, 5.74) is 0.361. The lowest BCUT2D eigenvalue weighted by atomic mass is 9.84. The Bertz CT molecular complexity index is 244. The Kier molecular flexibility index (Phi) is 6.82. The summed E-state index contributed by atoms with van der Waals surface area (Å²) in [6.45, 7) is 17.9. The van der Waals surface area contributed by atoms with Crippen molar-refractivity contribution < 1.29 is 0 Å². The molecule has 1 rings (SSSR count). The minimum Gasteiger partial charge on any atom is -0.313 e. The molecule has 0 spiro atoms. The van der Waals surface area contributed by atoms with Gasteiger partial charge in [0.15, 0.2) is 0 Å². The van der Waals surface area contributed by atoms with Crippen molar-refractivity contribution in [3.63, 3.8) is 0 Å². The lowest BCUT2D eigenvalue weighted by molar-refractivity contribution is 0.100. The summed E-state index contributed by atoms with van der Waals surface area (Å²) in [6.07, 6.45) is 5.30. The highest BCUT2D eigenvalue weighted by molar-refractivity contribution is 4.84. The molecular formula is C17H36N2. The van der Waals surface area contributed by atoms with Gasteiger partial charge < -0.3 is 10.2 Å². The fraction of sp³-hybridized carbons (Fsp3) is 1.00. The monoisotopic (exact) mass is 268 g/mol. The van der Waals surface area contributed by atoms with Crippen LogP contribution in [0.2, 0.25) is 0 Å². The summed E-state index contributed by atoms with van der Waals surface area (Å²) < 4.78 is 0. The van der Waals surface area contributed by atoms with Crippen molar-refractivity contribution in [2.45, 2.75) is 79.3 Å². The molecule has 0 aliphatic carbocycles. The summed E-state index contributed by atoms with van der Waals surface area (Å²) in [5, 5.41) is 3.75. The molecule has 2 nitrogen and oxygen atoms in total. The minimum atomic E-state index is 0.361. The van der Waals surface area contributed by atoms with E-state index in [2.05, 4.69) is 51.8 Å². The van der Waals surface area contributed by atoms with Crippen molar-refractivity contribution in [3.05, 3.63) is 0 Å². The van der Waals surface area contributed by atoms with E-state index in [0.717, 1.165) is 18.5 Å². The smallest absolute Gasteiger partial charge is 0.0128 e. The van der Waals surface area contributed by atoms with Gasteiger partial charge in [0.05, 0.1) is 0 Å². The van der Waals surface area contributed by atoms with Crippen LogP contribution in [0.4, 0.5) is 0 Å². The van der Waals surface area contributed by atoms with Crippen LogP contribution >= 0.6 is 0 Å². The van der Waals surface area contributed by atoms with Crippen molar-refractivity contribution >= 4 is 0 Å². The fourth-order valence-corrected chi connectivity index (χ4v) is 3.19. The second-order valence-corrected chi connectivity index (χ2v) is 7.56. The van der Waals surface area contributed by atoms with Crippen LogP contribution in [-0.4, -0.2) is 36.6 Å². The van der Waals surface area contributed by atoms with E-state index in [1.807, 2.05) is 0 Å². The second-order valence-electron chi connectivity index (χ2n) is 7.56. The summed E-state index contributed by atoms with van der Waals surface area (Å²) in [4.78, 5) is 2.71. The topological polar surface area (TPSA) is 15.3 Å². The van der Waals surface area contributed by atoms with Gasteiger partial charge in [0, 0.05) is 12.1 Å². The predicted molar refractivity (Wildman–Crippen MR) is 85.6 cm³/mol. The zero-order valence-electron chi connectivity index (χ0n) is 14.1. The molecule has 1 saturated heterocycles. The molecule has 0 amide bonds. The van der Waals surface area contributed by atoms with Gasteiger partial charge >= 0.3 is 0 Å². The Labute approximate surface area is 121 Å². The fourth-order valence-electron chi connectivity index (χ4n) is 3.19. The van der Waals surface area contributed by atoms with E-state index in [1.54, 1.807) is 0 Å². The molecule has 3 unspecified atom stereocenters. The molecule has 0 aromatic heterocycles. The molecule has 0 aromatic rings. The SMILES string of the molecule is CCCNC(CCN1CCCC(C)C1C)C(C)(C)C. The van der Waals surface area contributed by atoms with Gasteiger partial charge in [-0.25, -0.2) is 0 Å². The van der Waals surface area contributed by atoms with Gasteiger partial charge in [-0.2, -0.15) is 0 Å². The largest absolute Gasteiger partial charge is 0.313 e. The first-order valence-electron chi connectivity index (χ1n) is 8.33. The summed E-state index contributed by atoms with van der Waals surface area (Å²) >= 11 is 0. The van der Waals surface area contributed by atoms with Gasteiger partial charge in [-0.15, -0.1) is 0 Å². The highest BCUT2D eigenvalue weighted by Crippen LogP contribution is 2.26. The van der Waals surface area contributed by atoms with E-state index < -0.39 is 0 Å². The quantitative estimate of drug-likeness (QED) is 0.785. The number of nitrogens with zero attached hydrogens (tertiary/aromatic N) is 1. The van der Waals surface area contributed by atoms with Crippen molar-refractivity contribution in [3.8, 4) is 0 Å². The average molecular weight is 268 g/mol. The number of nitrogens with one attached hydrogen (secondary N) is 1. The maximum atomic E-state index is 3.75. The third-order valence-electron chi connectivity index (χ3n) is 4.90. The molecule has 19 heavy (non-hydrogen) atoms. The number of hydrogen-bond donors (Lipinski definition) is 1. The highest BCUT2D eigenvalue weighted by atomic mass is 15.2. The van der Waals surface area contributed by atoms with Crippen LogP contribution < -0.4 is 5.32 Å². The van der Waals surface area contributed by atoms with Crippen LogP contribution in [0.25, 0.3) is 0 Å². The molecule has 1 N–H and O–H groups in total. The lowest BCUT2D eigenvalue weighted by Crippen LogP contribution is -2.47. The first-order chi connectivity index (χ1) is 8.86. The van der Waals surface area contributed by atoms with E-state index in [0.29, 0.717) is 11.5 Å². The molecule has 3 atom stereocenters. The Morgan fingerprint density at radius 2 is 1.95 bits per heavy atom. The van der Waals surface area contributed by atoms with Crippen molar-refractivity contribution in [1.29, 1.82) is 0 Å². The molecule has 0 saturated carbocycles. The lowest BCUT2D eigenvalue weighted by Gasteiger charge is -2.40. The van der Waals surface area contributed by atoms with Gasteiger partial charge in [-0.3, -0.25) is 0 Å². The molecule has 0 aromatic carbocycles. The van der Waals surface area contributed by atoms with E-state index in [9.17, 15) is 0 Å². The molecule has 2 heteroatoms. The predicted octanol–water partition coefficient (Wildman–Crippen LogP) is 3.91. The molecule has 0 radical (unpaired) electrons. The Morgan fingerprint density at radius 3 is 2.53 bits per heavy atom. The highest BCUT2D eigenvalue weighted by Gasteiger charge is 2.28. The molecule has 114 valence electrons. The molecule has 1 aliphatic rings. The number of likely N-dealkylation sites (tertiary alicyclic amines) is 1. The zero-order chi connectivity index (χ0) is 14.5. The number of piperidine rings is 1. The maximum absolute atomic E-state index is 3.75. The normalized spacial score (nSPS) is 27.5. The third-order valence-corrected chi connectivity index (χ3v) is 4.90. The van der Waals surface area contributed by atoms with Gasteiger partial charge in [0.25, 0.3) is 0 Å². The first kappa shape index (κ1) is 17.0. The summed E-state index contributed by atoms with van der Waals surface area (Å²) in [6, 6.07) is 1.40. The van der Waals surface area contributed by atoms with Gasteiger partial charge in [-0.05, 0) is 63.6 Å². The van der Waals surface area contributed by atoms with Gasteiger partial charge in [0.1, 0.15) is 0 Å². The van der Waals surface area contributed by atoms with Crippen molar-refractivity contribution in [2.75, 3.05) is 19.6 Å². The van der Waals surface area contributed by atoms with Crippen molar-refractivity contribution in [1.82, 2.24) is 10.2 Å². The van der Waals surface area contributed by atoms with Crippen LogP contribution in [0, 0.1) is 11.3 Å². The zero-order valence-corrected chi connectivity index (χ0v) is 14.1. The van der Waals surface area contributed by atoms with E-state index in [-0.39, 0.29) is 0 Å². The molecular weight excluding hydrogens is 232 g/mol. The van der Waals surface area contributed by atoms with Crippen LogP contribution in [-0.2, 0) is 0 Å². The minimum absolute atomic E-state index is 0.361. The summed E-state index contributed by atoms with van der Waals surface area (Å²) in [7, 11) is 0. The van der Waals surface area contributed by atoms with Crippen LogP contribution in [0.5, 0.6) is 0 Å².